The molecule has 2 rings (SSSR count). The normalized spacial score (nSPS) is 18.6. The molecule has 0 unspecified atom stereocenters. The minimum atomic E-state index is -0.126. The van der Waals surface area contributed by atoms with Gasteiger partial charge in [0.25, 0.3) is 0 Å². The van der Waals surface area contributed by atoms with E-state index < -0.39 is 0 Å². The number of halogens is 1. The topological polar surface area (TPSA) is 26.0 Å². The molecule has 0 aromatic heterocycles. The lowest BCUT2D eigenvalue weighted by Gasteiger charge is -2.10. The standard InChI is InChI=1S/C11H14FN/c12-10-4-2-1-3-9(10)7-11(13)8-5-6-8/h1-4,8,11H,5-7,13H2/t11-/m1/s1. The first kappa shape index (κ1) is 8.70. The van der Waals surface area contributed by atoms with Crippen LogP contribution in [-0.4, -0.2) is 6.04 Å². The fourth-order valence-corrected chi connectivity index (χ4v) is 1.61. The summed E-state index contributed by atoms with van der Waals surface area (Å²) in [5.74, 6) is 0.512. The van der Waals surface area contributed by atoms with E-state index in [0.29, 0.717) is 12.3 Å². The van der Waals surface area contributed by atoms with E-state index in [9.17, 15) is 4.39 Å². The second-order valence-electron chi connectivity index (χ2n) is 3.80. The highest BCUT2D eigenvalue weighted by molar-refractivity contribution is 5.18. The van der Waals surface area contributed by atoms with Crippen LogP contribution in [0.2, 0.25) is 0 Å². The molecule has 0 aliphatic heterocycles. The first-order valence-electron chi connectivity index (χ1n) is 4.76. The first-order chi connectivity index (χ1) is 6.27. The highest BCUT2D eigenvalue weighted by atomic mass is 19.1. The Morgan fingerprint density at radius 2 is 2.08 bits per heavy atom. The molecule has 13 heavy (non-hydrogen) atoms. The Hall–Kier alpha value is -0.890. The molecule has 0 bridgehead atoms. The zero-order chi connectivity index (χ0) is 9.26. The zero-order valence-electron chi connectivity index (χ0n) is 7.54. The van der Waals surface area contributed by atoms with Gasteiger partial charge >= 0.3 is 0 Å². The summed E-state index contributed by atoms with van der Waals surface area (Å²) in [5.41, 5.74) is 6.66. The predicted octanol–water partition coefficient (Wildman–Crippen LogP) is 2.11. The number of benzene rings is 1. The molecule has 0 spiro atoms. The van der Waals surface area contributed by atoms with Gasteiger partial charge in [0.05, 0.1) is 0 Å². The second-order valence-corrected chi connectivity index (χ2v) is 3.80. The maximum absolute atomic E-state index is 13.2. The average molecular weight is 179 g/mol. The van der Waals surface area contributed by atoms with Crippen LogP contribution in [0.3, 0.4) is 0 Å². The Morgan fingerprint density at radius 3 is 2.69 bits per heavy atom. The van der Waals surface area contributed by atoms with Crippen molar-refractivity contribution in [3.8, 4) is 0 Å². The SMILES string of the molecule is N[C@H](Cc1ccccc1F)C1CC1. The second kappa shape index (κ2) is 3.46. The number of hydrogen-bond donors (Lipinski definition) is 1. The molecule has 1 aliphatic carbocycles. The zero-order valence-corrected chi connectivity index (χ0v) is 7.54. The van der Waals surface area contributed by atoms with Gasteiger partial charge in [-0.1, -0.05) is 18.2 Å². The van der Waals surface area contributed by atoms with Crippen molar-refractivity contribution in [2.75, 3.05) is 0 Å². The van der Waals surface area contributed by atoms with E-state index >= 15 is 0 Å². The summed E-state index contributed by atoms with van der Waals surface area (Å²) in [5, 5.41) is 0. The molecule has 2 heteroatoms. The van der Waals surface area contributed by atoms with Gasteiger partial charge in [0.2, 0.25) is 0 Å². The molecule has 0 heterocycles. The van der Waals surface area contributed by atoms with Crippen LogP contribution in [0, 0.1) is 11.7 Å². The first-order valence-corrected chi connectivity index (χ1v) is 4.76. The van der Waals surface area contributed by atoms with Crippen molar-refractivity contribution in [2.45, 2.75) is 25.3 Å². The van der Waals surface area contributed by atoms with Crippen LogP contribution in [0.15, 0.2) is 24.3 Å². The van der Waals surface area contributed by atoms with Crippen molar-refractivity contribution in [2.24, 2.45) is 11.7 Å². The molecule has 1 nitrogen and oxygen atoms in total. The van der Waals surface area contributed by atoms with E-state index in [2.05, 4.69) is 0 Å². The van der Waals surface area contributed by atoms with Crippen LogP contribution in [0.5, 0.6) is 0 Å². The average Bonchev–Trinajstić information content (AvgIpc) is 2.91. The third-order valence-corrected chi connectivity index (χ3v) is 2.64. The highest BCUT2D eigenvalue weighted by Gasteiger charge is 2.28. The summed E-state index contributed by atoms with van der Waals surface area (Å²) in [6, 6.07) is 7.03. The van der Waals surface area contributed by atoms with Gasteiger partial charge in [-0.05, 0) is 36.8 Å². The fraction of sp³-hybridized carbons (Fsp3) is 0.455. The maximum Gasteiger partial charge on any atom is 0.126 e. The summed E-state index contributed by atoms with van der Waals surface area (Å²) in [6.07, 6.45) is 3.11. The van der Waals surface area contributed by atoms with E-state index in [1.165, 1.54) is 18.9 Å². The quantitative estimate of drug-likeness (QED) is 0.755. The molecular formula is C11H14FN. The number of nitrogens with two attached hydrogens (primary N) is 1. The lowest BCUT2D eigenvalue weighted by Crippen LogP contribution is -2.25. The van der Waals surface area contributed by atoms with Crippen LogP contribution in [-0.2, 0) is 6.42 Å². The molecule has 1 saturated carbocycles. The maximum atomic E-state index is 13.2. The van der Waals surface area contributed by atoms with E-state index in [1.807, 2.05) is 12.1 Å². The van der Waals surface area contributed by atoms with Crippen molar-refractivity contribution in [3.05, 3.63) is 35.6 Å². The van der Waals surface area contributed by atoms with Crippen molar-refractivity contribution in [1.29, 1.82) is 0 Å². The van der Waals surface area contributed by atoms with E-state index in [0.717, 1.165) is 5.56 Å². The van der Waals surface area contributed by atoms with Gasteiger partial charge in [-0.15, -0.1) is 0 Å². The summed E-state index contributed by atoms with van der Waals surface area (Å²) in [4.78, 5) is 0. The largest absolute Gasteiger partial charge is 0.327 e. The third kappa shape index (κ3) is 2.07. The lowest BCUT2D eigenvalue weighted by atomic mass is 10.0. The molecule has 1 aliphatic rings. The van der Waals surface area contributed by atoms with Crippen LogP contribution < -0.4 is 5.73 Å². The Labute approximate surface area is 77.8 Å². The third-order valence-electron chi connectivity index (χ3n) is 2.64. The minimum Gasteiger partial charge on any atom is -0.327 e. The van der Waals surface area contributed by atoms with E-state index in [4.69, 9.17) is 5.73 Å². The van der Waals surface area contributed by atoms with Gasteiger partial charge < -0.3 is 5.73 Å². The molecule has 70 valence electrons. The van der Waals surface area contributed by atoms with Gasteiger partial charge in [0, 0.05) is 6.04 Å². The molecule has 1 fully saturated rings. The molecule has 0 amide bonds. The molecule has 0 radical (unpaired) electrons. The minimum absolute atomic E-state index is 0.126. The van der Waals surface area contributed by atoms with Crippen LogP contribution in [0.4, 0.5) is 4.39 Å². The molecule has 0 saturated heterocycles. The van der Waals surface area contributed by atoms with Gasteiger partial charge in [0.15, 0.2) is 0 Å². The molecule has 1 aromatic carbocycles. The van der Waals surface area contributed by atoms with Gasteiger partial charge in [-0.2, -0.15) is 0 Å². The monoisotopic (exact) mass is 179 g/mol. The van der Waals surface area contributed by atoms with Crippen LogP contribution in [0.1, 0.15) is 18.4 Å². The van der Waals surface area contributed by atoms with Crippen molar-refractivity contribution in [1.82, 2.24) is 0 Å². The molecular weight excluding hydrogens is 165 g/mol. The van der Waals surface area contributed by atoms with Crippen LogP contribution in [0.25, 0.3) is 0 Å². The van der Waals surface area contributed by atoms with Crippen molar-refractivity contribution >= 4 is 0 Å². The Bertz CT molecular complexity index is 294. The van der Waals surface area contributed by atoms with Gasteiger partial charge in [0.1, 0.15) is 5.82 Å². The molecule has 2 N–H and O–H groups in total. The molecule has 1 aromatic rings. The number of rotatable bonds is 3. The highest BCUT2D eigenvalue weighted by Crippen LogP contribution is 2.33. The lowest BCUT2D eigenvalue weighted by molar-refractivity contribution is 0.555. The van der Waals surface area contributed by atoms with Crippen molar-refractivity contribution < 1.29 is 4.39 Å². The summed E-state index contributed by atoms with van der Waals surface area (Å²) in [7, 11) is 0. The fourth-order valence-electron chi connectivity index (χ4n) is 1.61. The van der Waals surface area contributed by atoms with Crippen LogP contribution >= 0.6 is 0 Å². The Balaban J connectivity index is 2.03. The molecule has 1 atom stereocenters. The summed E-state index contributed by atoms with van der Waals surface area (Å²) in [6.45, 7) is 0. The Kier molecular flexibility index (Phi) is 2.32. The van der Waals surface area contributed by atoms with Gasteiger partial charge in [-0.3, -0.25) is 0 Å². The number of hydrogen-bond acceptors (Lipinski definition) is 1. The smallest absolute Gasteiger partial charge is 0.126 e. The Morgan fingerprint density at radius 1 is 1.38 bits per heavy atom. The predicted molar refractivity (Wildman–Crippen MR) is 50.8 cm³/mol. The summed E-state index contributed by atoms with van der Waals surface area (Å²) >= 11 is 0. The van der Waals surface area contributed by atoms with E-state index in [-0.39, 0.29) is 11.9 Å². The van der Waals surface area contributed by atoms with E-state index in [1.54, 1.807) is 6.07 Å². The summed E-state index contributed by atoms with van der Waals surface area (Å²) < 4.78 is 13.2. The van der Waals surface area contributed by atoms with Crippen molar-refractivity contribution in [3.63, 3.8) is 0 Å². The van der Waals surface area contributed by atoms with Gasteiger partial charge in [-0.25, -0.2) is 4.39 Å².